The number of rotatable bonds is 4. The summed E-state index contributed by atoms with van der Waals surface area (Å²) in [7, 11) is 0. The highest BCUT2D eigenvalue weighted by Crippen LogP contribution is 2.40. The van der Waals surface area contributed by atoms with Crippen LogP contribution in [-0.4, -0.2) is 19.1 Å². The van der Waals surface area contributed by atoms with Crippen LogP contribution in [0.15, 0.2) is 53.1 Å². The summed E-state index contributed by atoms with van der Waals surface area (Å²) in [5.74, 6) is -0.147. The van der Waals surface area contributed by atoms with Gasteiger partial charge in [-0.2, -0.15) is 0 Å². The van der Waals surface area contributed by atoms with Gasteiger partial charge in [0, 0.05) is 6.54 Å². The molecule has 1 aliphatic carbocycles. The molecule has 3 nitrogen and oxygen atoms in total. The minimum absolute atomic E-state index is 0.147. The Bertz CT molecular complexity index is 659. The van der Waals surface area contributed by atoms with Crippen LogP contribution in [0.1, 0.15) is 51.5 Å². The van der Waals surface area contributed by atoms with Crippen molar-refractivity contribution in [1.82, 2.24) is 5.32 Å². The Morgan fingerprint density at radius 3 is 2.48 bits per heavy atom. The molecule has 0 spiro atoms. The van der Waals surface area contributed by atoms with Crippen molar-refractivity contribution >= 4 is 5.97 Å². The molecule has 134 valence electrons. The highest BCUT2D eigenvalue weighted by Gasteiger charge is 2.29. The molecule has 0 atom stereocenters. The van der Waals surface area contributed by atoms with Crippen LogP contribution in [0.4, 0.5) is 0 Å². The third kappa shape index (κ3) is 4.82. The molecule has 0 amide bonds. The zero-order valence-corrected chi connectivity index (χ0v) is 15.4. The highest BCUT2D eigenvalue weighted by molar-refractivity contribution is 5.94. The first-order valence-electron chi connectivity index (χ1n) is 9.38. The van der Waals surface area contributed by atoms with Crippen molar-refractivity contribution in [3.05, 3.63) is 58.7 Å². The number of hydrogen-bond acceptors (Lipinski definition) is 3. The summed E-state index contributed by atoms with van der Waals surface area (Å²) in [6, 6.07) is 9.91. The molecule has 25 heavy (non-hydrogen) atoms. The molecule has 1 aromatic carbocycles. The second kappa shape index (κ2) is 8.01. The van der Waals surface area contributed by atoms with Gasteiger partial charge in [-0.3, -0.25) is 0 Å². The summed E-state index contributed by atoms with van der Waals surface area (Å²) in [6.45, 7) is 6.75. The van der Waals surface area contributed by atoms with E-state index in [9.17, 15) is 4.79 Å². The first kappa shape index (κ1) is 17.9. The molecule has 0 bridgehead atoms. The average molecular weight is 339 g/mol. The van der Waals surface area contributed by atoms with Crippen LogP contribution in [0.2, 0.25) is 0 Å². The maximum Gasteiger partial charge on any atom is 0.338 e. The molecular weight excluding hydrogens is 310 g/mol. The Morgan fingerprint density at radius 1 is 1.12 bits per heavy atom. The number of allylic oxidation sites excluding steroid dienone is 1. The quantitative estimate of drug-likeness (QED) is 0.646. The van der Waals surface area contributed by atoms with Gasteiger partial charge in [0.1, 0.15) is 6.61 Å². The molecule has 1 N–H and O–H groups in total. The number of carbonyl (C=O) groups excluding carboxylic acids is 1. The fourth-order valence-electron chi connectivity index (χ4n) is 3.63. The van der Waals surface area contributed by atoms with E-state index in [1.165, 1.54) is 11.1 Å². The summed E-state index contributed by atoms with van der Waals surface area (Å²) < 4.78 is 5.69. The second-order valence-corrected chi connectivity index (χ2v) is 7.89. The van der Waals surface area contributed by atoms with Crippen molar-refractivity contribution in [3.63, 3.8) is 0 Å². The lowest BCUT2D eigenvalue weighted by Crippen LogP contribution is -2.25. The van der Waals surface area contributed by atoms with E-state index in [1.54, 1.807) is 0 Å². The lowest BCUT2D eigenvalue weighted by atomic mass is 9.73. The molecule has 3 rings (SSSR count). The SMILES string of the molecule is CC1(C)CCC(=C(C(=O)OCc2ccccc2)C2=CCNCC2)CC1. The Hall–Kier alpha value is -1.87. The molecule has 0 radical (unpaired) electrons. The zero-order valence-electron chi connectivity index (χ0n) is 15.4. The van der Waals surface area contributed by atoms with E-state index in [0.717, 1.165) is 56.3 Å². The van der Waals surface area contributed by atoms with Gasteiger partial charge in [0.15, 0.2) is 0 Å². The largest absolute Gasteiger partial charge is 0.457 e. The first-order chi connectivity index (χ1) is 12.1. The van der Waals surface area contributed by atoms with Crippen molar-refractivity contribution in [1.29, 1.82) is 0 Å². The topological polar surface area (TPSA) is 38.3 Å². The smallest absolute Gasteiger partial charge is 0.338 e. The lowest BCUT2D eigenvalue weighted by molar-refractivity contribution is -0.140. The van der Waals surface area contributed by atoms with E-state index in [1.807, 2.05) is 30.3 Å². The van der Waals surface area contributed by atoms with Crippen molar-refractivity contribution in [2.75, 3.05) is 13.1 Å². The molecule has 0 unspecified atom stereocenters. The fraction of sp³-hybridized carbons (Fsp3) is 0.500. The summed E-state index contributed by atoms with van der Waals surface area (Å²) in [6.07, 6.45) is 7.37. The Morgan fingerprint density at radius 2 is 1.84 bits per heavy atom. The van der Waals surface area contributed by atoms with Crippen LogP contribution >= 0.6 is 0 Å². The third-order valence-corrected chi connectivity index (χ3v) is 5.36. The molecule has 1 aliphatic heterocycles. The number of benzene rings is 1. The van der Waals surface area contributed by atoms with Gasteiger partial charge >= 0.3 is 5.97 Å². The van der Waals surface area contributed by atoms with E-state index < -0.39 is 0 Å². The zero-order chi connectivity index (χ0) is 17.7. The van der Waals surface area contributed by atoms with E-state index in [4.69, 9.17) is 4.74 Å². The molecule has 1 fully saturated rings. The standard InChI is InChI=1S/C22H29NO2/c1-22(2)12-8-18(9-13-22)20(19-10-14-23-15-11-19)21(24)25-16-17-6-4-3-5-7-17/h3-7,10,23H,8-9,11-16H2,1-2H3. The maximum absolute atomic E-state index is 12.9. The molecule has 1 aromatic rings. The van der Waals surface area contributed by atoms with Gasteiger partial charge in [0.2, 0.25) is 0 Å². The van der Waals surface area contributed by atoms with E-state index >= 15 is 0 Å². The summed E-state index contributed by atoms with van der Waals surface area (Å²) in [5.41, 5.74) is 4.75. The van der Waals surface area contributed by atoms with Crippen LogP contribution in [0, 0.1) is 5.41 Å². The Kier molecular flexibility index (Phi) is 5.74. The number of esters is 1. The van der Waals surface area contributed by atoms with Gasteiger partial charge in [0.05, 0.1) is 5.57 Å². The third-order valence-electron chi connectivity index (χ3n) is 5.36. The van der Waals surface area contributed by atoms with Crippen LogP contribution < -0.4 is 5.32 Å². The molecular formula is C22H29NO2. The van der Waals surface area contributed by atoms with Gasteiger partial charge in [-0.1, -0.05) is 55.8 Å². The normalized spacial score (nSPS) is 19.9. The van der Waals surface area contributed by atoms with Crippen LogP contribution in [-0.2, 0) is 16.1 Å². The molecule has 1 saturated carbocycles. The number of hydrogen-bond donors (Lipinski definition) is 1. The number of ether oxygens (including phenoxy) is 1. The molecule has 3 heteroatoms. The second-order valence-electron chi connectivity index (χ2n) is 7.89. The summed E-state index contributed by atoms with van der Waals surface area (Å²) in [5, 5.41) is 3.33. The van der Waals surface area contributed by atoms with Gasteiger partial charge in [0.25, 0.3) is 0 Å². The first-order valence-corrected chi connectivity index (χ1v) is 9.38. The van der Waals surface area contributed by atoms with E-state index in [2.05, 4.69) is 25.2 Å². The van der Waals surface area contributed by atoms with E-state index in [-0.39, 0.29) is 5.97 Å². The van der Waals surface area contributed by atoms with Crippen molar-refractivity contribution < 1.29 is 9.53 Å². The lowest BCUT2D eigenvalue weighted by Gasteiger charge is -2.32. The Labute approximate surface area is 151 Å². The van der Waals surface area contributed by atoms with Crippen LogP contribution in [0.3, 0.4) is 0 Å². The minimum Gasteiger partial charge on any atom is -0.457 e. The van der Waals surface area contributed by atoms with Crippen LogP contribution in [0.5, 0.6) is 0 Å². The number of nitrogens with one attached hydrogen (secondary N) is 1. The van der Waals surface area contributed by atoms with Crippen LogP contribution in [0.25, 0.3) is 0 Å². The highest BCUT2D eigenvalue weighted by atomic mass is 16.5. The van der Waals surface area contributed by atoms with Crippen molar-refractivity contribution in [2.24, 2.45) is 5.41 Å². The summed E-state index contributed by atoms with van der Waals surface area (Å²) in [4.78, 5) is 12.9. The minimum atomic E-state index is -0.147. The predicted molar refractivity (Wildman–Crippen MR) is 101 cm³/mol. The number of carbonyl (C=O) groups is 1. The molecule has 2 aliphatic rings. The van der Waals surface area contributed by atoms with Crippen molar-refractivity contribution in [2.45, 2.75) is 52.6 Å². The van der Waals surface area contributed by atoms with Crippen molar-refractivity contribution in [3.8, 4) is 0 Å². The molecule has 0 aromatic heterocycles. The summed E-state index contributed by atoms with van der Waals surface area (Å²) >= 11 is 0. The maximum atomic E-state index is 12.9. The van der Waals surface area contributed by atoms with Gasteiger partial charge in [-0.25, -0.2) is 4.79 Å². The molecule has 0 saturated heterocycles. The average Bonchev–Trinajstić information content (AvgIpc) is 2.63. The Balaban J connectivity index is 1.79. The fourth-order valence-corrected chi connectivity index (χ4v) is 3.63. The van der Waals surface area contributed by atoms with E-state index in [0.29, 0.717) is 12.0 Å². The van der Waals surface area contributed by atoms with Gasteiger partial charge < -0.3 is 10.1 Å². The molecule has 1 heterocycles. The monoisotopic (exact) mass is 339 g/mol. The van der Waals surface area contributed by atoms with Gasteiger partial charge in [-0.15, -0.1) is 0 Å². The van der Waals surface area contributed by atoms with Gasteiger partial charge in [-0.05, 0) is 55.2 Å². The predicted octanol–water partition coefficient (Wildman–Crippen LogP) is 4.55.